The van der Waals surface area contributed by atoms with Crippen LogP contribution in [0, 0.1) is 12.3 Å². The zero-order chi connectivity index (χ0) is 18.7. The number of methoxy groups -OCH3 is 1. The minimum absolute atomic E-state index is 0.267. The van der Waals surface area contributed by atoms with Crippen LogP contribution in [0.1, 0.15) is 24.0 Å². The summed E-state index contributed by atoms with van der Waals surface area (Å²) in [6.07, 6.45) is 4.37. The monoisotopic (exact) mass is 373 g/mol. The summed E-state index contributed by atoms with van der Waals surface area (Å²) in [5.74, 6) is -0.136. The third kappa shape index (κ3) is 3.65. The molecule has 2 aromatic rings. The van der Waals surface area contributed by atoms with Gasteiger partial charge in [-0.25, -0.2) is 0 Å². The molecule has 136 valence electrons. The number of aryl methyl sites for hydroxylation is 1. The van der Waals surface area contributed by atoms with E-state index in [0.717, 1.165) is 11.1 Å². The van der Waals surface area contributed by atoms with E-state index < -0.39 is 5.41 Å². The van der Waals surface area contributed by atoms with Gasteiger partial charge in [-0.1, -0.05) is 11.6 Å². The Morgan fingerprint density at radius 3 is 2.54 bits per heavy atom. The third-order valence-corrected chi connectivity index (χ3v) is 4.96. The molecule has 0 aliphatic heterocycles. The van der Waals surface area contributed by atoms with Crippen molar-refractivity contribution in [1.29, 1.82) is 0 Å². The Morgan fingerprint density at radius 1 is 1.23 bits per heavy atom. The van der Waals surface area contributed by atoms with Crippen LogP contribution in [-0.2, 0) is 16.1 Å². The van der Waals surface area contributed by atoms with Crippen molar-refractivity contribution in [3.63, 3.8) is 0 Å². The highest BCUT2D eigenvalue weighted by Crippen LogP contribution is 2.47. The molecule has 2 N–H and O–H groups in total. The quantitative estimate of drug-likeness (QED) is 0.762. The first-order valence-corrected chi connectivity index (χ1v) is 8.67. The lowest BCUT2D eigenvalue weighted by Gasteiger charge is -2.17. The molecule has 1 heterocycles. The van der Waals surface area contributed by atoms with Gasteiger partial charge in [0.25, 0.3) is 0 Å². The Kier molecular flexibility index (Phi) is 5.13. The molecule has 26 heavy (non-hydrogen) atoms. The third-order valence-electron chi connectivity index (χ3n) is 4.55. The largest absolute Gasteiger partial charge is 0.495 e. The molecule has 0 unspecified atom stereocenters. The number of carbonyl (C=O) groups excluding carboxylic acids is 2. The average molecular weight is 374 g/mol. The fraction of sp³-hybridized carbons (Fsp3) is 0.316. The zero-order valence-corrected chi connectivity index (χ0v) is 15.4. The predicted octanol–water partition coefficient (Wildman–Crippen LogP) is 3.09. The fourth-order valence-corrected chi connectivity index (χ4v) is 2.86. The van der Waals surface area contributed by atoms with E-state index in [2.05, 4.69) is 15.6 Å². The highest BCUT2D eigenvalue weighted by Gasteiger charge is 2.56. The summed E-state index contributed by atoms with van der Waals surface area (Å²) in [5, 5.41) is 6.21. The molecule has 1 aliphatic rings. The molecule has 0 bridgehead atoms. The summed E-state index contributed by atoms with van der Waals surface area (Å²) in [6.45, 7) is 2.20. The predicted molar refractivity (Wildman–Crippen MR) is 99.1 cm³/mol. The first-order chi connectivity index (χ1) is 12.5. The van der Waals surface area contributed by atoms with Gasteiger partial charge in [-0.3, -0.25) is 14.6 Å². The Balaban J connectivity index is 1.69. The van der Waals surface area contributed by atoms with Gasteiger partial charge in [-0.05, 0) is 49.1 Å². The molecule has 0 atom stereocenters. The summed E-state index contributed by atoms with van der Waals surface area (Å²) < 4.78 is 5.28. The number of nitrogens with zero attached hydrogens (tertiary/aromatic N) is 1. The molecule has 0 spiro atoms. The minimum atomic E-state index is -1.02. The molecule has 6 nitrogen and oxygen atoms in total. The number of rotatable bonds is 6. The fourth-order valence-electron chi connectivity index (χ4n) is 2.71. The van der Waals surface area contributed by atoms with Crippen molar-refractivity contribution in [3.05, 3.63) is 52.8 Å². The van der Waals surface area contributed by atoms with E-state index in [1.807, 2.05) is 19.1 Å². The lowest BCUT2D eigenvalue weighted by molar-refractivity contribution is -0.134. The van der Waals surface area contributed by atoms with Crippen LogP contribution in [0.3, 0.4) is 0 Å². The maximum absolute atomic E-state index is 12.7. The summed E-state index contributed by atoms with van der Waals surface area (Å²) in [6, 6.07) is 7.03. The number of anilines is 1. The van der Waals surface area contributed by atoms with Crippen LogP contribution >= 0.6 is 11.6 Å². The van der Waals surface area contributed by atoms with E-state index in [1.54, 1.807) is 24.5 Å². The molecule has 2 amide bonds. The number of nitrogens with one attached hydrogen (secondary N) is 2. The number of hydrogen-bond acceptors (Lipinski definition) is 4. The number of carbonyl (C=O) groups is 2. The number of amides is 2. The second-order valence-corrected chi connectivity index (χ2v) is 6.78. The van der Waals surface area contributed by atoms with E-state index in [9.17, 15) is 9.59 Å². The van der Waals surface area contributed by atoms with Gasteiger partial charge in [0.15, 0.2) is 0 Å². The van der Waals surface area contributed by atoms with Crippen molar-refractivity contribution in [2.75, 3.05) is 12.4 Å². The second-order valence-electron chi connectivity index (χ2n) is 6.38. The van der Waals surface area contributed by atoms with Crippen LogP contribution in [0.2, 0.25) is 5.02 Å². The van der Waals surface area contributed by atoms with E-state index in [1.165, 1.54) is 7.11 Å². The Hall–Kier alpha value is -2.60. The maximum Gasteiger partial charge on any atom is 0.240 e. The van der Waals surface area contributed by atoms with E-state index in [-0.39, 0.29) is 11.8 Å². The lowest BCUT2D eigenvalue weighted by atomic mass is 10.0. The highest BCUT2D eigenvalue weighted by atomic mass is 35.5. The first-order valence-electron chi connectivity index (χ1n) is 8.29. The second kappa shape index (κ2) is 7.33. The van der Waals surface area contributed by atoms with Gasteiger partial charge in [0.1, 0.15) is 11.2 Å². The van der Waals surface area contributed by atoms with E-state index >= 15 is 0 Å². The molecule has 1 saturated carbocycles. The molecule has 1 fully saturated rings. The van der Waals surface area contributed by atoms with Crippen LogP contribution in [0.4, 0.5) is 5.69 Å². The molecular formula is C19H20ClN3O3. The molecule has 1 aromatic carbocycles. The molecule has 3 rings (SSSR count). The van der Waals surface area contributed by atoms with Crippen LogP contribution in [0.5, 0.6) is 5.75 Å². The smallest absolute Gasteiger partial charge is 0.240 e. The van der Waals surface area contributed by atoms with E-state index in [0.29, 0.717) is 35.8 Å². The van der Waals surface area contributed by atoms with Crippen molar-refractivity contribution in [2.24, 2.45) is 5.41 Å². The van der Waals surface area contributed by atoms with Gasteiger partial charge < -0.3 is 15.4 Å². The number of halogens is 1. The van der Waals surface area contributed by atoms with Crippen molar-refractivity contribution in [3.8, 4) is 5.75 Å². The van der Waals surface area contributed by atoms with Crippen LogP contribution in [0.25, 0.3) is 0 Å². The van der Waals surface area contributed by atoms with Gasteiger partial charge in [-0.15, -0.1) is 0 Å². The van der Waals surface area contributed by atoms with Gasteiger partial charge in [0.2, 0.25) is 11.8 Å². The minimum Gasteiger partial charge on any atom is -0.495 e. The molecule has 7 heteroatoms. The highest BCUT2D eigenvalue weighted by molar-refractivity contribution is 6.31. The van der Waals surface area contributed by atoms with Crippen molar-refractivity contribution in [1.82, 2.24) is 10.3 Å². The van der Waals surface area contributed by atoms with Crippen LogP contribution in [-0.4, -0.2) is 23.9 Å². The summed E-state index contributed by atoms with van der Waals surface area (Å²) in [5.41, 5.74) is 1.23. The van der Waals surface area contributed by atoms with Crippen molar-refractivity contribution < 1.29 is 14.3 Å². The number of hydrogen-bond donors (Lipinski definition) is 2. The summed E-state index contributed by atoms with van der Waals surface area (Å²) in [7, 11) is 1.50. The SMILES string of the molecule is COc1cc(Cl)c(C)cc1NC(=O)C1(C(=O)NCc2ccncc2)CC1. The Bertz CT molecular complexity index is 835. The topological polar surface area (TPSA) is 80.3 Å². The number of aromatic nitrogens is 1. The molecular weight excluding hydrogens is 354 g/mol. The standard InChI is InChI=1S/C19H20ClN3O3/c1-12-9-15(16(26-2)10-14(12)20)23-18(25)19(5-6-19)17(24)22-11-13-3-7-21-8-4-13/h3-4,7-10H,5-6,11H2,1-2H3,(H,22,24)(H,23,25). The van der Waals surface area contributed by atoms with Gasteiger partial charge >= 0.3 is 0 Å². The number of benzene rings is 1. The normalized spacial score (nSPS) is 14.4. The van der Waals surface area contributed by atoms with Gasteiger partial charge in [0, 0.05) is 30.0 Å². The molecule has 0 saturated heterocycles. The molecule has 1 aliphatic carbocycles. The first kappa shape index (κ1) is 18.2. The van der Waals surface area contributed by atoms with Gasteiger partial charge in [-0.2, -0.15) is 0 Å². The van der Waals surface area contributed by atoms with Crippen LogP contribution < -0.4 is 15.4 Å². The Labute approximate surface area is 156 Å². The van der Waals surface area contributed by atoms with Gasteiger partial charge in [0.05, 0.1) is 12.8 Å². The number of ether oxygens (including phenoxy) is 1. The summed E-state index contributed by atoms with van der Waals surface area (Å²) >= 11 is 6.09. The molecule has 1 aromatic heterocycles. The van der Waals surface area contributed by atoms with Crippen LogP contribution in [0.15, 0.2) is 36.7 Å². The number of pyridine rings is 1. The lowest BCUT2D eigenvalue weighted by Crippen LogP contribution is -2.39. The zero-order valence-electron chi connectivity index (χ0n) is 14.6. The summed E-state index contributed by atoms with van der Waals surface area (Å²) in [4.78, 5) is 29.3. The Morgan fingerprint density at radius 2 is 1.92 bits per heavy atom. The molecule has 0 radical (unpaired) electrons. The van der Waals surface area contributed by atoms with Crippen molar-refractivity contribution in [2.45, 2.75) is 26.3 Å². The maximum atomic E-state index is 12.7. The van der Waals surface area contributed by atoms with E-state index in [4.69, 9.17) is 16.3 Å². The average Bonchev–Trinajstić information content (AvgIpc) is 3.45. The van der Waals surface area contributed by atoms with Crippen molar-refractivity contribution >= 4 is 29.1 Å².